The topological polar surface area (TPSA) is 151 Å². The molecule has 3 rings (SSSR count). The van der Waals surface area contributed by atoms with Crippen LogP contribution in [0.1, 0.15) is 170 Å². The first-order valence-electron chi connectivity index (χ1n) is 22.8. The molecule has 3 aromatic rings. The van der Waals surface area contributed by atoms with Crippen LogP contribution in [0.3, 0.4) is 0 Å². The molecule has 0 amide bonds. The number of nitrogens with two attached hydrogens (primary N) is 1. The van der Waals surface area contributed by atoms with Crippen LogP contribution >= 0.6 is 0 Å². The maximum absolute atomic E-state index is 14.2. The van der Waals surface area contributed by atoms with Crippen LogP contribution in [0.25, 0.3) is 0 Å². The Morgan fingerprint density at radius 2 is 0.758 bits per heavy atom. The molecule has 0 heterocycles. The molecule has 62 heavy (non-hydrogen) atoms. The molecule has 0 bridgehead atoms. The van der Waals surface area contributed by atoms with Crippen LogP contribution in [-0.4, -0.2) is 63.4 Å². The van der Waals surface area contributed by atoms with Crippen LogP contribution < -0.4 is 43.6 Å². The molecule has 0 aromatic heterocycles. The van der Waals surface area contributed by atoms with Crippen molar-refractivity contribution in [3.05, 3.63) is 59.2 Å². The van der Waals surface area contributed by atoms with Gasteiger partial charge in [-0.25, -0.2) is 9.59 Å². The predicted octanol–water partition coefficient (Wildman–Crippen LogP) is 11.8. The third kappa shape index (κ3) is 16.1. The summed E-state index contributed by atoms with van der Waals surface area (Å²) < 4.78 is 49.1. The van der Waals surface area contributed by atoms with Crippen molar-refractivity contribution in [2.24, 2.45) is 11.1 Å². The Labute approximate surface area is 370 Å². The van der Waals surface area contributed by atoms with Crippen molar-refractivity contribution < 1.29 is 52.3 Å². The lowest BCUT2D eigenvalue weighted by molar-refractivity contribution is 0.0680. The molecule has 0 radical (unpaired) electrons. The average molecular weight is 864 g/mol. The first-order valence-corrected chi connectivity index (χ1v) is 22.8. The van der Waals surface area contributed by atoms with E-state index in [0.29, 0.717) is 74.1 Å². The summed E-state index contributed by atoms with van der Waals surface area (Å²) in [5.74, 6) is 0.0146. The van der Waals surface area contributed by atoms with Gasteiger partial charge in [-0.1, -0.05) is 101 Å². The van der Waals surface area contributed by atoms with E-state index in [-0.39, 0.29) is 34.0 Å². The second-order valence-corrected chi connectivity index (χ2v) is 16.5. The Bertz CT molecular complexity index is 1790. The average Bonchev–Trinajstić information content (AvgIpc) is 3.24. The highest BCUT2D eigenvalue weighted by Gasteiger charge is 2.30. The van der Waals surface area contributed by atoms with Gasteiger partial charge in [0.15, 0.2) is 40.3 Å². The van der Waals surface area contributed by atoms with Gasteiger partial charge in [0.1, 0.15) is 0 Å². The van der Waals surface area contributed by atoms with Gasteiger partial charge in [-0.15, -0.1) is 0 Å². The molecule has 3 aromatic carbocycles. The summed E-state index contributed by atoms with van der Waals surface area (Å²) in [7, 11) is 0. The standard InChI is InChI=1S/C50H73NO11/c1-10-16-24-55-40-31-36(32-41(56-25-17-11-2)45(40)59-28-20-14-5)48(53)61-38-23-22-35(44(52)47(51)50(7,8)9)30-39(38)62-49(54)37-33-42(57-26-18-12-3)46(60-29-21-15-6)43(34-37)58-27-19-13-4/h22-23,30-34,47H,10-21,24-29,51H2,1-9H3. The van der Waals surface area contributed by atoms with E-state index in [1.54, 1.807) is 24.3 Å². The smallest absolute Gasteiger partial charge is 0.343 e. The van der Waals surface area contributed by atoms with E-state index >= 15 is 0 Å². The zero-order chi connectivity index (χ0) is 45.5. The Hall–Kier alpha value is -4.97. The molecular weight excluding hydrogens is 791 g/mol. The normalized spacial score (nSPS) is 11.7. The SMILES string of the molecule is CCCCOc1cc(C(=O)Oc2ccc(C(=O)C(N)C(C)(C)C)cc2OC(=O)c2cc(OCCCC)c(OCCCC)c(OCCCC)c2)cc(OCCCC)c1OCCCC. The molecule has 0 aliphatic heterocycles. The van der Waals surface area contributed by atoms with Crippen LogP contribution in [0.4, 0.5) is 0 Å². The minimum atomic E-state index is -0.874. The number of rotatable bonds is 30. The van der Waals surface area contributed by atoms with Crippen molar-refractivity contribution in [1.29, 1.82) is 0 Å². The van der Waals surface area contributed by atoms with Gasteiger partial charge < -0.3 is 43.6 Å². The molecule has 0 saturated heterocycles. The highest BCUT2D eigenvalue weighted by molar-refractivity contribution is 6.02. The van der Waals surface area contributed by atoms with Crippen molar-refractivity contribution in [3.8, 4) is 46.0 Å². The molecule has 2 N–H and O–H groups in total. The van der Waals surface area contributed by atoms with Gasteiger partial charge in [-0.3, -0.25) is 4.79 Å². The number of benzene rings is 3. The molecule has 0 spiro atoms. The third-order valence-corrected chi connectivity index (χ3v) is 9.87. The lowest BCUT2D eigenvalue weighted by atomic mass is 9.83. The van der Waals surface area contributed by atoms with E-state index < -0.39 is 23.4 Å². The molecule has 0 saturated carbocycles. The van der Waals surface area contributed by atoms with E-state index in [2.05, 4.69) is 41.5 Å². The largest absolute Gasteiger partial charge is 0.490 e. The van der Waals surface area contributed by atoms with Crippen LogP contribution in [-0.2, 0) is 0 Å². The molecule has 12 heteroatoms. The van der Waals surface area contributed by atoms with Crippen molar-refractivity contribution >= 4 is 17.7 Å². The fraction of sp³-hybridized carbons (Fsp3) is 0.580. The Balaban J connectivity index is 2.16. The van der Waals surface area contributed by atoms with Gasteiger partial charge in [0.05, 0.1) is 56.8 Å². The lowest BCUT2D eigenvalue weighted by Crippen LogP contribution is -2.42. The van der Waals surface area contributed by atoms with Gasteiger partial charge in [0, 0.05) is 5.56 Å². The number of hydrogen-bond acceptors (Lipinski definition) is 12. The highest BCUT2D eigenvalue weighted by atomic mass is 16.6. The number of unbranched alkanes of at least 4 members (excludes halogenated alkanes) is 6. The van der Waals surface area contributed by atoms with Crippen molar-refractivity contribution in [2.45, 2.75) is 145 Å². The number of esters is 2. The molecule has 1 unspecified atom stereocenters. The second kappa shape index (κ2) is 27.2. The monoisotopic (exact) mass is 864 g/mol. The Kier molecular flexibility index (Phi) is 22.5. The molecule has 0 aliphatic rings. The van der Waals surface area contributed by atoms with Crippen LogP contribution in [0.5, 0.6) is 46.0 Å². The van der Waals surface area contributed by atoms with Crippen LogP contribution in [0, 0.1) is 5.41 Å². The highest BCUT2D eigenvalue weighted by Crippen LogP contribution is 2.42. The Morgan fingerprint density at radius 1 is 0.452 bits per heavy atom. The summed E-state index contributed by atoms with van der Waals surface area (Å²) in [6.45, 7) is 20.5. The van der Waals surface area contributed by atoms with E-state index in [1.165, 1.54) is 18.2 Å². The van der Waals surface area contributed by atoms with Crippen LogP contribution in [0.15, 0.2) is 42.5 Å². The molecule has 0 aliphatic carbocycles. The zero-order valence-corrected chi connectivity index (χ0v) is 38.9. The number of ketones is 1. The maximum atomic E-state index is 14.2. The second-order valence-electron chi connectivity index (χ2n) is 16.5. The summed E-state index contributed by atoms with van der Waals surface area (Å²) in [6.07, 6.45) is 10.3. The zero-order valence-electron chi connectivity index (χ0n) is 38.9. The van der Waals surface area contributed by atoms with Crippen molar-refractivity contribution in [1.82, 2.24) is 0 Å². The van der Waals surface area contributed by atoms with E-state index in [4.69, 9.17) is 43.6 Å². The molecule has 12 nitrogen and oxygen atoms in total. The summed E-state index contributed by atoms with van der Waals surface area (Å²) in [5, 5.41) is 0. The van der Waals surface area contributed by atoms with Crippen LogP contribution in [0.2, 0.25) is 0 Å². The fourth-order valence-electron chi connectivity index (χ4n) is 5.76. The lowest BCUT2D eigenvalue weighted by Gasteiger charge is -2.26. The number of carbonyl (C=O) groups is 3. The van der Waals surface area contributed by atoms with Gasteiger partial charge in [0.25, 0.3) is 0 Å². The van der Waals surface area contributed by atoms with Crippen molar-refractivity contribution in [2.75, 3.05) is 39.6 Å². The van der Waals surface area contributed by atoms with Gasteiger partial charge in [-0.05, 0) is 86.4 Å². The summed E-state index contributed by atoms with van der Waals surface area (Å²) in [6, 6.07) is 9.69. The fourth-order valence-corrected chi connectivity index (χ4v) is 5.76. The minimum Gasteiger partial charge on any atom is -0.490 e. The number of ether oxygens (including phenoxy) is 8. The molecule has 0 fully saturated rings. The van der Waals surface area contributed by atoms with Gasteiger partial charge >= 0.3 is 11.9 Å². The van der Waals surface area contributed by atoms with Gasteiger partial charge in [0.2, 0.25) is 11.5 Å². The first-order chi connectivity index (χ1) is 29.8. The quantitative estimate of drug-likeness (QED) is 0.0294. The van der Waals surface area contributed by atoms with E-state index in [9.17, 15) is 14.4 Å². The van der Waals surface area contributed by atoms with Gasteiger partial charge in [-0.2, -0.15) is 0 Å². The number of hydrogen-bond donors (Lipinski definition) is 1. The Morgan fingerprint density at radius 3 is 1.08 bits per heavy atom. The minimum absolute atomic E-state index is 0.104. The number of Topliss-reactive ketones (excluding diaryl/α,β-unsaturated/α-hetero) is 1. The molecule has 344 valence electrons. The summed E-state index contributed by atoms with van der Waals surface area (Å²) in [4.78, 5) is 42.1. The summed E-state index contributed by atoms with van der Waals surface area (Å²) in [5.41, 5.74) is 6.24. The molecule has 1 atom stereocenters. The first kappa shape index (κ1) is 51.4. The van der Waals surface area contributed by atoms with Crippen molar-refractivity contribution in [3.63, 3.8) is 0 Å². The predicted molar refractivity (Wildman–Crippen MR) is 243 cm³/mol. The van der Waals surface area contributed by atoms with E-state index in [0.717, 1.165) is 77.0 Å². The summed E-state index contributed by atoms with van der Waals surface area (Å²) >= 11 is 0. The third-order valence-electron chi connectivity index (χ3n) is 9.87. The maximum Gasteiger partial charge on any atom is 0.343 e. The molecular formula is C50H73NO11. The number of carbonyl (C=O) groups excluding carboxylic acids is 3. The van der Waals surface area contributed by atoms with E-state index in [1.807, 2.05) is 20.8 Å².